The van der Waals surface area contributed by atoms with Gasteiger partial charge in [0.2, 0.25) is 6.08 Å². The number of carbonyl (C=O) groups is 1. The zero-order valence-electron chi connectivity index (χ0n) is 7.99. The molecule has 0 fully saturated rings. The van der Waals surface area contributed by atoms with E-state index in [4.69, 9.17) is 0 Å². The molecule has 16 heavy (non-hydrogen) atoms. The minimum Gasteiger partial charge on any atom is -0.437 e. The molecule has 1 aromatic carbocycles. The van der Waals surface area contributed by atoms with Crippen LogP contribution in [0.4, 0.5) is 14.9 Å². The first kappa shape index (κ1) is 12.4. The van der Waals surface area contributed by atoms with E-state index in [-0.39, 0.29) is 15.9 Å². The summed E-state index contributed by atoms with van der Waals surface area (Å²) < 4.78 is 22.3. The summed E-state index contributed by atoms with van der Waals surface area (Å²) in [6.07, 6.45) is 0.222. The molecule has 0 saturated carbocycles. The lowest BCUT2D eigenvalue weighted by molar-refractivity contribution is 0.121. The SMILES string of the molecule is COC(=O)Oc1cc(N=C=O)c(F)cc1Br. The van der Waals surface area contributed by atoms with Crippen LogP contribution in [0.1, 0.15) is 0 Å². The van der Waals surface area contributed by atoms with E-state index in [1.54, 1.807) is 0 Å². The highest BCUT2D eigenvalue weighted by molar-refractivity contribution is 9.10. The molecule has 5 nitrogen and oxygen atoms in total. The summed E-state index contributed by atoms with van der Waals surface area (Å²) in [6, 6.07) is 2.08. The molecule has 0 spiro atoms. The number of halogens is 2. The van der Waals surface area contributed by atoms with Gasteiger partial charge in [0.05, 0.1) is 11.6 Å². The maximum atomic E-state index is 13.2. The standard InChI is InChI=1S/C9H5BrFNO4/c1-15-9(14)16-8-3-7(12-4-13)6(11)2-5(8)10/h2-3H,1H3. The number of isocyanates is 1. The molecule has 0 atom stereocenters. The highest BCUT2D eigenvalue weighted by Crippen LogP contribution is 2.32. The number of benzene rings is 1. The molecule has 0 amide bonds. The predicted molar refractivity (Wildman–Crippen MR) is 54.9 cm³/mol. The van der Waals surface area contributed by atoms with E-state index < -0.39 is 12.0 Å². The zero-order valence-corrected chi connectivity index (χ0v) is 9.58. The van der Waals surface area contributed by atoms with E-state index in [2.05, 4.69) is 30.4 Å². The number of methoxy groups -OCH3 is 1. The number of hydrogen-bond acceptors (Lipinski definition) is 5. The molecule has 1 aromatic rings. The van der Waals surface area contributed by atoms with E-state index in [1.807, 2.05) is 0 Å². The van der Waals surface area contributed by atoms with Gasteiger partial charge in [0.15, 0.2) is 11.6 Å². The van der Waals surface area contributed by atoms with Crippen molar-refractivity contribution in [2.75, 3.05) is 7.11 Å². The van der Waals surface area contributed by atoms with Crippen LogP contribution in [0.25, 0.3) is 0 Å². The number of nitrogens with zero attached hydrogens (tertiary/aromatic N) is 1. The van der Waals surface area contributed by atoms with Crippen LogP contribution in [-0.2, 0) is 9.53 Å². The van der Waals surface area contributed by atoms with Crippen molar-refractivity contribution < 1.29 is 23.5 Å². The molecule has 0 aromatic heterocycles. The van der Waals surface area contributed by atoms with Crippen LogP contribution in [0.15, 0.2) is 21.6 Å². The first-order chi connectivity index (χ1) is 7.58. The average molecular weight is 290 g/mol. The second-order valence-electron chi connectivity index (χ2n) is 2.49. The highest BCUT2D eigenvalue weighted by atomic mass is 79.9. The molecule has 0 unspecified atom stereocenters. The Kier molecular flexibility index (Phi) is 4.16. The van der Waals surface area contributed by atoms with Gasteiger partial charge in [-0.3, -0.25) is 0 Å². The third-order valence-corrected chi connectivity index (χ3v) is 2.15. The van der Waals surface area contributed by atoms with Crippen LogP contribution in [0, 0.1) is 5.82 Å². The van der Waals surface area contributed by atoms with Gasteiger partial charge in [-0.2, -0.15) is 4.99 Å². The molecular weight excluding hydrogens is 285 g/mol. The minimum atomic E-state index is -0.964. The number of hydrogen-bond donors (Lipinski definition) is 0. The normalized spacial score (nSPS) is 9.19. The van der Waals surface area contributed by atoms with Crippen LogP contribution in [0.5, 0.6) is 5.75 Å². The fraction of sp³-hybridized carbons (Fsp3) is 0.111. The smallest absolute Gasteiger partial charge is 0.437 e. The quantitative estimate of drug-likeness (QED) is 0.363. The van der Waals surface area contributed by atoms with Crippen LogP contribution in [0.2, 0.25) is 0 Å². The minimum absolute atomic E-state index is 0.0118. The van der Waals surface area contributed by atoms with Gasteiger partial charge in [-0.25, -0.2) is 14.0 Å². The third kappa shape index (κ3) is 2.88. The van der Waals surface area contributed by atoms with E-state index in [9.17, 15) is 14.0 Å². The number of aliphatic imine (C=N–C) groups is 1. The lowest BCUT2D eigenvalue weighted by atomic mass is 10.3. The van der Waals surface area contributed by atoms with Gasteiger partial charge in [-0.05, 0) is 22.0 Å². The van der Waals surface area contributed by atoms with Crippen molar-refractivity contribution >= 4 is 33.9 Å². The van der Waals surface area contributed by atoms with Gasteiger partial charge >= 0.3 is 6.16 Å². The van der Waals surface area contributed by atoms with E-state index in [1.165, 1.54) is 6.08 Å². The lowest BCUT2D eigenvalue weighted by Crippen LogP contribution is -2.07. The van der Waals surface area contributed by atoms with Gasteiger partial charge in [0, 0.05) is 6.07 Å². The average Bonchev–Trinajstić information content (AvgIpc) is 2.25. The maximum Gasteiger partial charge on any atom is 0.513 e. The van der Waals surface area contributed by atoms with Crippen molar-refractivity contribution in [2.45, 2.75) is 0 Å². The first-order valence-corrected chi connectivity index (χ1v) is 4.70. The van der Waals surface area contributed by atoms with Crippen molar-refractivity contribution in [1.82, 2.24) is 0 Å². The van der Waals surface area contributed by atoms with Gasteiger partial charge in [-0.15, -0.1) is 0 Å². The summed E-state index contributed by atoms with van der Waals surface area (Å²) in [7, 11) is 1.13. The Morgan fingerprint density at radius 2 is 2.25 bits per heavy atom. The van der Waals surface area contributed by atoms with Gasteiger partial charge in [0.25, 0.3) is 0 Å². The molecule has 84 valence electrons. The molecule has 7 heteroatoms. The summed E-state index contributed by atoms with van der Waals surface area (Å²) in [6.45, 7) is 0. The number of carbonyl (C=O) groups excluding carboxylic acids is 2. The zero-order chi connectivity index (χ0) is 12.1. The van der Waals surface area contributed by atoms with Gasteiger partial charge < -0.3 is 9.47 Å². The predicted octanol–water partition coefficient (Wildman–Crippen LogP) is 2.70. The fourth-order valence-electron chi connectivity index (χ4n) is 0.863. The Morgan fingerprint density at radius 1 is 1.56 bits per heavy atom. The Hall–Kier alpha value is -1.72. The Bertz CT molecular complexity index is 471. The summed E-state index contributed by atoms with van der Waals surface area (Å²) in [4.78, 5) is 23.9. The summed E-state index contributed by atoms with van der Waals surface area (Å²) in [5.74, 6) is -0.755. The van der Waals surface area contributed by atoms with Crippen LogP contribution >= 0.6 is 15.9 Å². The summed E-state index contributed by atoms with van der Waals surface area (Å²) in [5, 5.41) is 0. The molecule has 0 aliphatic rings. The van der Waals surface area contributed by atoms with Crippen LogP contribution in [-0.4, -0.2) is 19.3 Å². The molecule has 0 bridgehead atoms. The number of ether oxygens (including phenoxy) is 2. The van der Waals surface area contributed by atoms with E-state index in [0.717, 1.165) is 19.2 Å². The van der Waals surface area contributed by atoms with Crippen LogP contribution in [0.3, 0.4) is 0 Å². The molecular formula is C9H5BrFNO4. The topological polar surface area (TPSA) is 65.0 Å². The van der Waals surface area contributed by atoms with Crippen LogP contribution < -0.4 is 4.74 Å². The van der Waals surface area contributed by atoms with Crippen molar-refractivity contribution in [1.29, 1.82) is 0 Å². The maximum absolute atomic E-state index is 13.2. The Labute approximate surface area is 98.0 Å². The molecule has 0 N–H and O–H groups in total. The van der Waals surface area contributed by atoms with Gasteiger partial charge in [-0.1, -0.05) is 0 Å². The molecule has 0 radical (unpaired) electrons. The molecule has 0 aliphatic carbocycles. The van der Waals surface area contributed by atoms with Gasteiger partial charge in [0.1, 0.15) is 5.69 Å². The largest absolute Gasteiger partial charge is 0.513 e. The van der Waals surface area contributed by atoms with Crippen molar-refractivity contribution in [3.8, 4) is 5.75 Å². The third-order valence-electron chi connectivity index (χ3n) is 1.53. The number of rotatable bonds is 2. The second-order valence-corrected chi connectivity index (χ2v) is 3.35. The van der Waals surface area contributed by atoms with Crippen molar-refractivity contribution in [2.24, 2.45) is 4.99 Å². The summed E-state index contributed by atoms with van der Waals surface area (Å²) in [5.41, 5.74) is -0.280. The first-order valence-electron chi connectivity index (χ1n) is 3.91. The van der Waals surface area contributed by atoms with E-state index in [0.29, 0.717) is 0 Å². The van der Waals surface area contributed by atoms with Crippen molar-refractivity contribution in [3.63, 3.8) is 0 Å². The Balaban J connectivity index is 3.14. The molecule has 1 rings (SSSR count). The molecule has 0 aliphatic heterocycles. The lowest BCUT2D eigenvalue weighted by Gasteiger charge is -2.05. The second kappa shape index (κ2) is 5.39. The Morgan fingerprint density at radius 3 is 2.81 bits per heavy atom. The van der Waals surface area contributed by atoms with E-state index >= 15 is 0 Å². The van der Waals surface area contributed by atoms with Crippen molar-refractivity contribution in [3.05, 3.63) is 22.4 Å². The summed E-state index contributed by atoms with van der Waals surface area (Å²) >= 11 is 2.98. The fourth-order valence-corrected chi connectivity index (χ4v) is 1.26. The molecule has 0 saturated heterocycles. The molecule has 0 heterocycles. The monoisotopic (exact) mass is 289 g/mol. The highest BCUT2D eigenvalue weighted by Gasteiger charge is 2.12.